The predicted molar refractivity (Wildman–Crippen MR) is 77.0 cm³/mol. The van der Waals surface area contributed by atoms with Crippen molar-refractivity contribution in [2.75, 3.05) is 26.4 Å². The normalized spacial score (nSPS) is 19.8. The summed E-state index contributed by atoms with van der Waals surface area (Å²) in [4.78, 5) is 0. The number of rotatable bonds is 6. The molecule has 1 aromatic carbocycles. The Labute approximate surface area is 120 Å². The van der Waals surface area contributed by atoms with Gasteiger partial charge in [0.1, 0.15) is 5.82 Å². The molecule has 1 heterocycles. The van der Waals surface area contributed by atoms with Crippen LogP contribution >= 0.6 is 0 Å². The minimum Gasteiger partial charge on any atom is -0.396 e. The Morgan fingerprint density at radius 2 is 2.05 bits per heavy atom. The van der Waals surface area contributed by atoms with E-state index in [0.29, 0.717) is 25.3 Å². The summed E-state index contributed by atoms with van der Waals surface area (Å²) in [6.45, 7) is 4.27. The van der Waals surface area contributed by atoms with Crippen molar-refractivity contribution in [1.29, 1.82) is 0 Å². The minimum atomic E-state index is -0.170. The van der Waals surface area contributed by atoms with Crippen molar-refractivity contribution in [3.63, 3.8) is 0 Å². The van der Waals surface area contributed by atoms with Gasteiger partial charge < -0.3 is 15.2 Å². The molecule has 1 fully saturated rings. The summed E-state index contributed by atoms with van der Waals surface area (Å²) in [5, 5.41) is 13.1. The number of ether oxygens (including phenoxy) is 1. The van der Waals surface area contributed by atoms with E-state index >= 15 is 0 Å². The predicted octanol–water partition coefficient (Wildman–Crippen LogP) is 2.66. The van der Waals surface area contributed by atoms with Crippen LogP contribution in [-0.4, -0.2) is 31.5 Å². The number of benzene rings is 1. The van der Waals surface area contributed by atoms with Crippen LogP contribution in [0.1, 0.15) is 37.8 Å². The fourth-order valence-corrected chi connectivity index (χ4v) is 2.77. The van der Waals surface area contributed by atoms with Gasteiger partial charge in [0.2, 0.25) is 0 Å². The Balaban J connectivity index is 2.01. The monoisotopic (exact) mass is 281 g/mol. The van der Waals surface area contributed by atoms with Crippen molar-refractivity contribution < 1.29 is 14.2 Å². The van der Waals surface area contributed by atoms with Crippen LogP contribution in [0.3, 0.4) is 0 Å². The average Bonchev–Trinajstić information content (AvgIpc) is 2.50. The maximum atomic E-state index is 13.9. The highest BCUT2D eigenvalue weighted by atomic mass is 19.1. The van der Waals surface area contributed by atoms with E-state index < -0.39 is 0 Å². The van der Waals surface area contributed by atoms with Crippen molar-refractivity contribution in [3.05, 3.63) is 35.6 Å². The number of hydrogen-bond donors (Lipinski definition) is 2. The van der Waals surface area contributed by atoms with E-state index in [-0.39, 0.29) is 23.9 Å². The molecule has 0 radical (unpaired) electrons. The Morgan fingerprint density at radius 1 is 1.35 bits per heavy atom. The standard InChI is InChI=1S/C16H24FNO2/c1-2-15(13-5-3-4-6-14(13)17)18-11-16(12-19)7-9-20-10-8-16/h3-6,15,18-19H,2,7-12H2,1H3/t15-/m0/s1. The van der Waals surface area contributed by atoms with Crippen molar-refractivity contribution >= 4 is 0 Å². The number of halogens is 1. The second-order valence-electron chi connectivity index (χ2n) is 5.63. The molecule has 0 amide bonds. The minimum absolute atomic E-state index is 0.0116. The van der Waals surface area contributed by atoms with Crippen LogP contribution in [0.15, 0.2) is 24.3 Å². The molecule has 0 aromatic heterocycles. The zero-order valence-corrected chi connectivity index (χ0v) is 12.1. The molecule has 1 aliphatic rings. The van der Waals surface area contributed by atoms with Crippen LogP contribution < -0.4 is 5.32 Å². The molecule has 1 aromatic rings. The summed E-state index contributed by atoms with van der Waals surface area (Å²) >= 11 is 0. The lowest BCUT2D eigenvalue weighted by Gasteiger charge is -2.37. The fraction of sp³-hybridized carbons (Fsp3) is 0.625. The lowest BCUT2D eigenvalue weighted by atomic mass is 9.80. The molecule has 1 aliphatic heterocycles. The van der Waals surface area contributed by atoms with E-state index in [1.807, 2.05) is 19.1 Å². The quantitative estimate of drug-likeness (QED) is 0.842. The fourth-order valence-electron chi connectivity index (χ4n) is 2.77. The number of hydrogen-bond acceptors (Lipinski definition) is 3. The molecule has 0 aliphatic carbocycles. The highest BCUT2D eigenvalue weighted by Gasteiger charge is 2.32. The van der Waals surface area contributed by atoms with E-state index in [4.69, 9.17) is 4.74 Å². The Morgan fingerprint density at radius 3 is 2.65 bits per heavy atom. The van der Waals surface area contributed by atoms with Gasteiger partial charge in [-0.05, 0) is 25.3 Å². The zero-order chi connectivity index (χ0) is 14.4. The van der Waals surface area contributed by atoms with Gasteiger partial charge in [-0.2, -0.15) is 0 Å². The molecule has 0 saturated carbocycles. The molecule has 3 nitrogen and oxygen atoms in total. The van der Waals surface area contributed by atoms with E-state index in [1.165, 1.54) is 6.07 Å². The van der Waals surface area contributed by atoms with Crippen LogP contribution in [0.4, 0.5) is 4.39 Å². The van der Waals surface area contributed by atoms with Crippen molar-refractivity contribution in [2.45, 2.75) is 32.2 Å². The van der Waals surface area contributed by atoms with Gasteiger partial charge in [0, 0.05) is 36.8 Å². The summed E-state index contributed by atoms with van der Waals surface area (Å²) in [6, 6.07) is 6.88. The Hall–Kier alpha value is -0.970. The van der Waals surface area contributed by atoms with Gasteiger partial charge in [-0.15, -0.1) is 0 Å². The molecule has 112 valence electrons. The zero-order valence-electron chi connectivity index (χ0n) is 12.1. The highest BCUT2D eigenvalue weighted by Crippen LogP contribution is 2.30. The topological polar surface area (TPSA) is 41.5 Å². The maximum Gasteiger partial charge on any atom is 0.127 e. The number of nitrogens with one attached hydrogen (secondary N) is 1. The molecule has 2 N–H and O–H groups in total. The van der Waals surface area contributed by atoms with Gasteiger partial charge in [0.05, 0.1) is 6.61 Å². The smallest absolute Gasteiger partial charge is 0.127 e. The second-order valence-corrected chi connectivity index (χ2v) is 5.63. The molecular weight excluding hydrogens is 257 g/mol. The average molecular weight is 281 g/mol. The molecule has 0 unspecified atom stereocenters. The molecule has 0 bridgehead atoms. The summed E-state index contributed by atoms with van der Waals surface area (Å²) in [6.07, 6.45) is 2.52. The van der Waals surface area contributed by atoms with Crippen LogP contribution in [-0.2, 0) is 4.74 Å². The first-order chi connectivity index (χ1) is 9.71. The molecule has 2 rings (SSSR count). The van der Waals surface area contributed by atoms with Crippen LogP contribution in [0, 0.1) is 11.2 Å². The third kappa shape index (κ3) is 3.57. The molecule has 0 spiro atoms. The molecule has 1 saturated heterocycles. The van der Waals surface area contributed by atoms with Gasteiger partial charge in [-0.25, -0.2) is 4.39 Å². The molecule has 20 heavy (non-hydrogen) atoms. The maximum absolute atomic E-state index is 13.9. The van der Waals surface area contributed by atoms with Crippen LogP contribution in [0.25, 0.3) is 0 Å². The second kappa shape index (κ2) is 7.16. The SMILES string of the molecule is CC[C@H](NCC1(CO)CCOCC1)c1ccccc1F. The van der Waals surface area contributed by atoms with Crippen molar-refractivity contribution in [1.82, 2.24) is 5.32 Å². The molecule has 1 atom stereocenters. The summed E-state index contributed by atoms with van der Waals surface area (Å²) in [5.74, 6) is -0.170. The van der Waals surface area contributed by atoms with Crippen LogP contribution in [0.2, 0.25) is 0 Å². The summed E-state index contributed by atoms with van der Waals surface area (Å²) in [7, 11) is 0. The van der Waals surface area contributed by atoms with Crippen LogP contribution in [0.5, 0.6) is 0 Å². The number of aliphatic hydroxyl groups is 1. The lowest BCUT2D eigenvalue weighted by Crippen LogP contribution is -2.43. The van der Waals surface area contributed by atoms with Crippen molar-refractivity contribution in [3.8, 4) is 0 Å². The van der Waals surface area contributed by atoms with Gasteiger partial charge in [0.15, 0.2) is 0 Å². The summed E-state index contributed by atoms with van der Waals surface area (Å²) in [5.41, 5.74) is 0.576. The largest absolute Gasteiger partial charge is 0.396 e. The first-order valence-electron chi connectivity index (χ1n) is 7.37. The number of aliphatic hydroxyl groups excluding tert-OH is 1. The third-order valence-corrected chi connectivity index (χ3v) is 4.30. The third-order valence-electron chi connectivity index (χ3n) is 4.30. The summed E-state index contributed by atoms with van der Waals surface area (Å²) < 4.78 is 19.2. The van der Waals surface area contributed by atoms with Gasteiger partial charge in [-0.1, -0.05) is 25.1 Å². The van der Waals surface area contributed by atoms with Gasteiger partial charge in [-0.3, -0.25) is 0 Å². The first kappa shape index (κ1) is 15.4. The van der Waals surface area contributed by atoms with Crippen molar-refractivity contribution in [2.24, 2.45) is 5.41 Å². The molecule has 4 heteroatoms. The van der Waals surface area contributed by atoms with E-state index in [0.717, 1.165) is 19.3 Å². The lowest BCUT2D eigenvalue weighted by molar-refractivity contribution is -0.0166. The van der Waals surface area contributed by atoms with E-state index in [9.17, 15) is 9.50 Å². The van der Waals surface area contributed by atoms with Gasteiger partial charge >= 0.3 is 0 Å². The van der Waals surface area contributed by atoms with E-state index in [2.05, 4.69) is 5.32 Å². The highest BCUT2D eigenvalue weighted by molar-refractivity contribution is 5.21. The Kier molecular flexibility index (Phi) is 5.52. The van der Waals surface area contributed by atoms with Gasteiger partial charge in [0.25, 0.3) is 0 Å². The first-order valence-corrected chi connectivity index (χ1v) is 7.37. The van der Waals surface area contributed by atoms with E-state index in [1.54, 1.807) is 6.07 Å². The molecular formula is C16H24FNO2. The Bertz CT molecular complexity index is 419.